The molecule has 2 saturated heterocycles. The van der Waals surface area contributed by atoms with Crippen molar-refractivity contribution < 1.29 is 19.1 Å². The molecule has 1 aromatic heterocycles. The molecular formula is C30H34N4O4. The Morgan fingerprint density at radius 2 is 1.84 bits per heavy atom. The first kappa shape index (κ1) is 25.9. The van der Waals surface area contributed by atoms with Gasteiger partial charge in [-0.2, -0.15) is 0 Å². The van der Waals surface area contributed by atoms with E-state index in [-0.39, 0.29) is 11.8 Å². The minimum absolute atomic E-state index is 0.102. The van der Waals surface area contributed by atoms with Crippen LogP contribution in [0, 0.1) is 0 Å². The quantitative estimate of drug-likeness (QED) is 0.410. The fourth-order valence-corrected chi connectivity index (χ4v) is 4.87. The largest absolute Gasteiger partial charge is 0.492 e. The topological polar surface area (TPSA) is 75.2 Å². The number of amides is 2. The molecule has 8 heteroatoms. The van der Waals surface area contributed by atoms with Crippen molar-refractivity contribution in [3.63, 3.8) is 0 Å². The Morgan fingerprint density at radius 1 is 0.974 bits per heavy atom. The maximum Gasteiger partial charge on any atom is 0.254 e. The summed E-state index contributed by atoms with van der Waals surface area (Å²) in [5.41, 5.74) is 3.11. The van der Waals surface area contributed by atoms with Crippen LogP contribution in [0.25, 0.3) is 0 Å². The summed E-state index contributed by atoms with van der Waals surface area (Å²) in [5.74, 6) is 0.781. The number of nitrogens with zero attached hydrogens (tertiary/aromatic N) is 4. The molecule has 38 heavy (non-hydrogen) atoms. The Labute approximate surface area is 223 Å². The predicted octanol–water partition coefficient (Wildman–Crippen LogP) is 3.76. The van der Waals surface area contributed by atoms with E-state index in [1.165, 1.54) is 0 Å². The zero-order valence-corrected chi connectivity index (χ0v) is 21.6. The van der Waals surface area contributed by atoms with Crippen LogP contribution < -0.4 is 9.64 Å². The molecule has 3 heterocycles. The van der Waals surface area contributed by atoms with Gasteiger partial charge >= 0.3 is 0 Å². The smallest absolute Gasteiger partial charge is 0.254 e. The standard InChI is InChI=1S/C30H34N4O4/c35-29-11-5-13-34(29)27-9-4-7-25(21-27)30(36)33(23-26-8-1-2-12-31-26)22-24-6-3-10-28(20-24)38-19-16-32-14-17-37-18-15-32/h1-4,6-10,12,20-21H,5,11,13-19,22-23H2. The normalized spacial score (nSPS) is 16.0. The second-order valence-corrected chi connectivity index (χ2v) is 9.63. The van der Waals surface area contributed by atoms with Crippen molar-refractivity contribution in [1.82, 2.24) is 14.8 Å². The molecule has 0 saturated carbocycles. The number of pyridine rings is 1. The van der Waals surface area contributed by atoms with Gasteiger partial charge in [0.2, 0.25) is 5.91 Å². The molecular weight excluding hydrogens is 480 g/mol. The molecule has 0 N–H and O–H groups in total. The van der Waals surface area contributed by atoms with Crippen molar-refractivity contribution in [2.45, 2.75) is 25.9 Å². The molecule has 0 spiro atoms. The third-order valence-electron chi connectivity index (χ3n) is 6.90. The Morgan fingerprint density at radius 3 is 2.63 bits per heavy atom. The minimum atomic E-state index is -0.109. The fraction of sp³-hybridized carbons (Fsp3) is 0.367. The van der Waals surface area contributed by atoms with E-state index in [2.05, 4.69) is 9.88 Å². The summed E-state index contributed by atoms with van der Waals surface area (Å²) in [4.78, 5) is 36.4. The highest BCUT2D eigenvalue weighted by atomic mass is 16.5. The van der Waals surface area contributed by atoms with E-state index < -0.39 is 0 Å². The van der Waals surface area contributed by atoms with Crippen LogP contribution in [0.4, 0.5) is 5.69 Å². The molecule has 0 atom stereocenters. The van der Waals surface area contributed by atoms with Gasteiger partial charge in [0.05, 0.1) is 25.5 Å². The van der Waals surface area contributed by atoms with E-state index in [0.29, 0.717) is 38.2 Å². The van der Waals surface area contributed by atoms with Crippen LogP contribution in [0.1, 0.15) is 34.5 Å². The summed E-state index contributed by atoms with van der Waals surface area (Å²) in [6.07, 6.45) is 3.13. The first-order valence-electron chi connectivity index (χ1n) is 13.3. The summed E-state index contributed by atoms with van der Waals surface area (Å²) in [6.45, 7) is 6.32. The zero-order chi connectivity index (χ0) is 26.2. The Kier molecular flexibility index (Phi) is 8.63. The molecule has 198 valence electrons. The molecule has 0 unspecified atom stereocenters. The molecule has 2 aliphatic heterocycles. The maximum absolute atomic E-state index is 13.8. The number of carbonyl (C=O) groups is 2. The second kappa shape index (κ2) is 12.7. The van der Waals surface area contributed by atoms with Crippen molar-refractivity contribution in [3.05, 3.63) is 89.7 Å². The van der Waals surface area contributed by atoms with Crippen LogP contribution in [-0.2, 0) is 22.6 Å². The number of ether oxygens (including phenoxy) is 2. The summed E-state index contributed by atoms with van der Waals surface area (Å²) in [7, 11) is 0. The van der Waals surface area contributed by atoms with Gasteiger partial charge in [-0.25, -0.2) is 0 Å². The molecule has 3 aromatic rings. The van der Waals surface area contributed by atoms with Gasteiger partial charge in [0.25, 0.3) is 5.91 Å². The van der Waals surface area contributed by atoms with Gasteiger partial charge in [0.1, 0.15) is 12.4 Å². The predicted molar refractivity (Wildman–Crippen MR) is 145 cm³/mol. The van der Waals surface area contributed by atoms with Crippen molar-refractivity contribution >= 4 is 17.5 Å². The molecule has 0 bridgehead atoms. The number of anilines is 1. The number of benzene rings is 2. The molecule has 2 fully saturated rings. The lowest BCUT2D eigenvalue weighted by molar-refractivity contribution is -0.117. The first-order chi connectivity index (χ1) is 18.7. The molecule has 8 nitrogen and oxygen atoms in total. The third kappa shape index (κ3) is 6.76. The number of hydrogen-bond donors (Lipinski definition) is 0. The number of aromatic nitrogens is 1. The average molecular weight is 515 g/mol. The van der Waals surface area contributed by atoms with Crippen molar-refractivity contribution in [1.29, 1.82) is 0 Å². The van der Waals surface area contributed by atoms with Gasteiger partial charge in [0.15, 0.2) is 0 Å². The van der Waals surface area contributed by atoms with Crippen LogP contribution in [0.2, 0.25) is 0 Å². The van der Waals surface area contributed by atoms with Crippen molar-refractivity contribution in [3.8, 4) is 5.75 Å². The Balaban J connectivity index is 1.30. The lowest BCUT2D eigenvalue weighted by atomic mass is 10.1. The summed E-state index contributed by atoms with van der Waals surface area (Å²) in [6, 6.07) is 21.0. The zero-order valence-electron chi connectivity index (χ0n) is 21.6. The van der Waals surface area contributed by atoms with Gasteiger partial charge in [-0.05, 0) is 54.4 Å². The number of carbonyl (C=O) groups excluding carboxylic acids is 2. The molecule has 5 rings (SSSR count). The first-order valence-corrected chi connectivity index (χ1v) is 13.3. The Bertz CT molecular complexity index is 1230. The van der Waals surface area contributed by atoms with Gasteiger partial charge < -0.3 is 19.3 Å². The van der Waals surface area contributed by atoms with Crippen LogP contribution in [0.5, 0.6) is 5.75 Å². The summed E-state index contributed by atoms with van der Waals surface area (Å²) in [5, 5.41) is 0. The lowest BCUT2D eigenvalue weighted by Gasteiger charge is -2.26. The number of morpholine rings is 1. The summed E-state index contributed by atoms with van der Waals surface area (Å²) >= 11 is 0. The van der Waals surface area contributed by atoms with E-state index in [1.54, 1.807) is 16.0 Å². The van der Waals surface area contributed by atoms with Crippen LogP contribution in [-0.4, -0.2) is 72.6 Å². The molecule has 2 amide bonds. The van der Waals surface area contributed by atoms with Gasteiger partial charge in [0, 0.05) is 56.6 Å². The Hall–Kier alpha value is -3.75. The van der Waals surface area contributed by atoms with Crippen LogP contribution in [0.3, 0.4) is 0 Å². The van der Waals surface area contributed by atoms with E-state index in [4.69, 9.17) is 9.47 Å². The maximum atomic E-state index is 13.8. The molecule has 2 aliphatic rings. The highest BCUT2D eigenvalue weighted by Gasteiger charge is 2.24. The second-order valence-electron chi connectivity index (χ2n) is 9.63. The minimum Gasteiger partial charge on any atom is -0.492 e. The van der Waals surface area contributed by atoms with Crippen LogP contribution >= 0.6 is 0 Å². The summed E-state index contributed by atoms with van der Waals surface area (Å²) < 4.78 is 11.5. The fourth-order valence-electron chi connectivity index (χ4n) is 4.87. The van der Waals surface area contributed by atoms with Gasteiger partial charge in [-0.1, -0.05) is 24.3 Å². The highest BCUT2D eigenvalue weighted by molar-refractivity contribution is 5.99. The van der Waals surface area contributed by atoms with E-state index in [9.17, 15) is 9.59 Å². The number of hydrogen-bond acceptors (Lipinski definition) is 6. The lowest BCUT2D eigenvalue weighted by Crippen LogP contribution is -2.38. The van der Waals surface area contributed by atoms with Gasteiger partial charge in [-0.15, -0.1) is 0 Å². The van der Waals surface area contributed by atoms with E-state index in [1.807, 2.05) is 66.7 Å². The number of rotatable bonds is 10. The molecule has 0 radical (unpaired) electrons. The monoisotopic (exact) mass is 514 g/mol. The van der Waals surface area contributed by atoms with E-state index >= 15 is 0 Å². The van der Waals surface area contributed by atoms with Crippen LogP contribution in [0.15, 0.2) is 72.9 Å². The molecule has 0 aliphatic carbocycles. The van der Waals surface area contributed by atoms with E-state index in [0.717, 1.165) is 62.0 Å². The van der Waals surface area contributed by atoms with Crippen molar-refractivity contribution in [2.24, 2.45) is 0 Å². The average Bonchev–Trinajstić information content (AvgIpc) is 3.39. The van der Waals surface area contributed by atoms with Crippen molar-refractivity contribution in [2.75, 3.05) is 50.9 Å². The SMILES string of the molecule is O=C(c1cccc(N2CCCC2=O)c1)N(Cc1cccc(OCCN2CCOCC2)c1)Cc1ccccn1. The highest BCUT2D eigenvalue weighted by Crippen LogP contribution is 2.24. The third-order valence-corrected chi connectivity index (χ3v) is 6.90. The molecule has 2 aromatic carbocycles. The van der Waals surface area contributed by atoms with Gasteiger partial charge in [-0.3, -0.25) is 19.5 Å².